The molecule has 0 aliphatic carbocycles. The van der Waals surface area contributed by atoms with E-state index in [1.54, 1.807) is 18.7 Å². The first-order valence-corrected chi connectivity index (χ1v) is 10.3. The Kier molecular flexibility index (Phi) is 8.38. The van der Waals surface area contributed by atoms with Crippen molar-refractivity contribution in [1.82, 2.24) is 10.6 Å². The fourth-order valence-corrected chi connectivity index (χ4v) is 3.52. The van der Waals surface area contributed by atoms with Gasteiger partial charge in [0.2, 0.25) is 0 Å². The zero-order chi connectivity index (χ0) is 20.5. The lowest BCUT2D eigenvalue weighted by molar-refractivity contribution is -0.143. The molecule has 2 amide bonds. The van der Waals surface area contributed by atoms with Crippen molar-refractivity contribution >= 4 is 29.7 Å². The number of urea groups is 1. The molecule has 1 aliphatic heterocycles. The van der Waals surface area contributed by atoms with E-state index in [2.05, 4.69) is 10.6 Å². The van der Waals surface area contributed by atoms with Gasteiger partial charge < -0.3 is 20.1 Å². The molecule has 152 valence electrons. The largest absolute Gasteiger partial charge is 0.463 e. The molecular formula is C20H26N2O5S. The Labute approximate surface area is 169 Å². The van der Waals surface area contributed by atoms with Crippen LogP contribution in [0.4, 0.5) is 4.79 Å². The average Bonchev–Trinajstić information content (AvgIpc) is 2.67. The van der Waals surface area contributed by atoms with Crippen molar-refractivity contribution in [2.24, 2.45) is 0 Å². The summed E-state index contributed by atoms with van der Waals surface area (Å²) in [7, 11) is 0. The molecular weight excluding hydrogens is 380 g/mol. The maximum atomic E-state index is 12.3. The first kappa shape index (κ1) is 21.8. The number of thioether (sulfide) groups is 1. The van der Waals surface area contributed by atoms with E-state index in [1.807, 2.05) is 38.1 Å². The quantitative estimate of drug-likeness (QED) is 0.484. The highest BCUT2D eigenvalue weighted by Gasteiger charge is 2.31. The number of hydrogen-bond acceptors (Lipinski definition) is 6. The fourth-order valence-electron chi connectivity index (χ4n) is 2.69. The Morgan fingerprint density at radius 3 is 2.50 bits per heavy atom. The van der Waals surface area contributed by atoms with Gasteiger partial charge in [-0.1, -0.05) is 24.6 Å². The lowest BCUT2D eigenvalue weighted by atomic mass is 10.0. The number of rotatable bonds is 9. The molecule has 0 aromatic heterocycles. The Morgan fingerprint density at radius 2 is 1.86 bits per heavy atom. The van der Waals surface area contributed by atoms with E-state index in [0.29, 0.717) is 17.7 Å². The second kappa shape index (κ2) is 10.8. The van der Waals surface area contributed by atoms with Crippen LogP contribution in [0.15, 0.2) is 40.4 Å². The zero-order valence-electron chi connectivity index (χ0n) is 16.4. The third kappa shape index (κ3) is 6.30. The smallest absolute Gasteiger partial charge is 0.338 e. The molecule has 1 atom stereocenters. The predicted molar refractivity (Wildman–Crippen MR) is 107 cm³/mol. The minimum Gasteiger partial charge on any atom is -0.463 e. The number of esters is 2. The van der Waals surface area contributed by atoms with E-state index in [1.165, 1.54) is 5.56 Å². The number of carbonyl (C=O) groups is 3. The van der Waals surface area contributed by atoms with E-state index in [9.17, 15) is 14.4 Å². The molecule has 28 heavy (non-hydrogen) atoms. The van der Waals surface area contributed by atoms with Gasteiger partial charge in [-0.3, -0.25) is 4.79 Å². The molecule has 0 saturated carbocycles. The Balaban J connectivity index is 1.92. The summed E-state index contributed by atoms with van der Waals surface area (Å²) in [6, 6.07) is 7.16. The lowest BCUT2D eigenvalue weighted by Gasteiger charge is -2.28. The molecule has 1 heterocycles. The predicted octanol–water partition coefficient (Wildman–Crippen LogP) is 2.93. The van der Waals surface area contributed by atoms with Crippen LogP contribution >= 0.6 is 11.8 Å². The van der Waals surface area contributed by atoms with Crippen molar-refractivity contribution in [2.45, 2.75) is 44.6 Å². The van der Waals surface area contributed by atoms with E-state index in [4.69, 9.17) is 9.47 Å². The van der Waals surface area contributed by atoms with Crippen molar-refractivity contribution in [3.05, 3.63) is 41.1 Å². The van der Waals surface area contributed by atoms with Crippen LogP contribution in [0.3, 0.4) is 0 Å². The Bertz CT molecular complexity index is 745. The lowest BCUT2D eigenvalue weighted by Crippen LogP contribution is -2.51. The number of ether oxygens (including phenoxy) is 2. The van der Waals surface area contributed by atoms with Crippen LogP contribution in [0.5, 0.6) is 0 Å². The molecule has 0 saturated heterocycles. The molecule has 1 aliphatic rings. The van der Waals surface area contributed by atoms with Crippen molar-refractivity contribution in [2.75, 3.05) is 19.0 Å². The minimum atomic E-state index is -0.525. The van der Waals surface area contributed by atoms with Crippen LogP contribution in [-0.2, 0) is 19.1 Å². The molecule has 0 spiro atoms. The molecule has 1 aromatic rings. The highest BCUT2D eigenvalue weighted by atomic mass is 32.2. The number of carbonyl (C=O) groups excluding carboxylic acids is 3. The second-order valence-corrected chi connectivity index (χ2v) is 7.41. The highest BCUT2D eigenvalue weighted by molar-refractivity contribution is 7.99. The monoisotopic (exact) mass is 406 g/mol. The summed E-state index contributed by atoms with van der Waals surface area (Å²) in [6.07, 6.45) is 0.746. The van der Waals surface area contributed by atoms with Crippen molar-refractivity contribution in [3.63, 3.8) is 0 Å². The number of hydrogen-bond donors (Lipinski definition) is 2. The third-order valence-electron chi connectivity index (χ3n) is 4.12. The molecule has 0 radical (unpaired) electrons. The average molecular weight is 407 g/mol. The molecule has 8 heteroatoms. The summed E-state index contributed by atoms with van der Waals surface area (Å²) >= 11 is 1.57. The Hall–Kier alpha value is -2.48. The van der Waals surface area contributed by atoms with Gasteiger partial charge in [0.1, 0.15) is 6.61 Å². The molecule has 0 unspecified atom stereocenters. The summed E-state index contributed by atoms with van der Waals surface area (Å²) < 4.78 is 10.4. The van der Waals surface area contributed by atoms with E-state index in [-0.39, 0.29) is 25.3 Å². The van der Waals surface area contributed by atoms with Gasteiger partial charge in [-0.2, -0.15) is 0 Å². The number of aryl methyl sites for hydroxylation is 1. The number of benzene rings is 1. The molecule has 7 nitrogen and oxygen atoms in total. The van der Waals surface area contributed by atoms with E-state index >= 15 is 0 Å². The standard InChI is InChI=1S/C20H26N2O5S/c1-4-15-18(19(24)26-5-2)16(22-20(25)21-15)12-27-17(23)10-11-28-14-8-6-13(3)7-9-14/h6-9,15H,4-5,10-12H2,1-3H3,(H2,21,22,25)/t15-/m0/s1. The molecule has 1 aromatic carbocycles. The van der Waals surface area contributed by atoms with Crippen molar-refractivity contribution in [3.8, 4) is 0 Å². The number of amides is 2. The normalized spacial score (nSPS) is 16.2. The maximum absolute atomic E-state index is 12.3. The van der Waals surface area contributed by atoms with E-state index in [0.717, 1.165) is 4.90 Å². The van der Waals surface area contributed by atoms with Crippen LogP contribution in [0.25, 0.3) is 0 Å². The Morgan fingerprint density at radius 1 is 1.14 bits per heavy atom. The summed E-state index contributed by atoms with van der Waals surface area (Å²) in [6.45, 7) is 5.62. The van der Waals surface area contributed by atoms with Gasteiger partial charge in [-0.05, 0) is 32.4 Å². The molecule has 2 N–H and O–H groups in total. The second-order valence-electron chi connectivity index (χ2n) is 6.24. The van der Waals surface area contributed by atoms with Crippen molar-refractivity contribution < 1.29 is 23.9 Å². The summed E-state index contributed by atoms with van der Waals surface area (Å²) in [4.78, 5) is 37.2. The van der Waals surface area contributed by atoms with Gasteiger partial charge in [0, 0.05) is 10.6 Å². The van der Waals surface area contributed by atoms with Gasteiger partial charge >= 0.3 is 18.0 Å². The van der Waals surface area contributed by atoms with Crippen LogP contribution in [0.1, 0.15) is 32.3 Å². The van der Waals surface area contributed by atoms with Gasteiger partial charge in [0.05, 0.1) is 30.3 Å². The van der Waals surface area contributed by atoms with Crippen LogP contribution in [0.2, 0.25) is 0 Å². The van der Waals surface area contributed by atoms with Gasteiger partial charge in [-0.25, -0.2) is 9.59 Å². The van der Waals surface area contributed by atoms with Gasteiger partial charge in [0.25, 0.3) is 0 Å². The SMILES string of the molecule is CCOC(=O)C1=C(COC(=O)CCSc2ccc(C)cc2)NC(=O)N[C@H]1CC. The summed E-state index contributed by atoms with van der Waals surface area (Å²) in [5, 5.41) is 5.24. The first-order valence-electron chi connectivity index (χ1n) is 9.27. The molecule has 2 rings (SSSR count). The van der Waals surface area contributed by atoms with Crippen LogP contribution in [-0.4, -0.2) is 43.0 Å². The van der Waals surface area contributed by atoms with Gasteiger partial charge in [0.15, 0.2) is 0 Å². The van der Waals surface area contributed by atoms with E-state index < -0.39 is 24.0 Å². The molecule has 0 fully saturated rings. The maximum Gasteiger partial charge on any atom is 0.338 e. The van der Waals surface area contributed by atoms with Gasteiger partial charge in [-0.15, -0.1) is 11.8 Å². The highest BCUT2D eigenvalue weighted by Crippen LogP contribution is 2.20. The van der Waals surface area contributed by atoms with Crippen LogP contribution < -0.4 is 10.6 Å². The van der Waals surface area contributed by atoms with Crippen molar-refractivity contribution in [1.29, 1.82) is 0 Å². The van der Waals surface area contributed by atoms with Crippen LogP contribution in [0, 0.1) is 6.92 Å². The number of nitrogens with one attached hydrogen (secondary N) is 2. The summed E-state index contributed by atoms with van der Waals surface area (Å²) in [5.41, 5.74) is 1.75. The zero-order valence-corrected chi connectivity index (χ0v) is 17.2. The minimum absolute atomic E-state index is 0.175. The third-order valence-corrected chi connectivity index (χ3v) is 5.13. The summed E-state index contributed by atoms with van der Waals surface area (Å²) in [5.74, 6) is -0.337. The fraction of sp³-hybridized carbons (Fsp3) is 0.450. The topological polar surface area (TPSA) is 93.7 Å². The first-order chi connectivity index (χ1) is 13.4. The molecule has 0 bridgehead atoms.